The maximum absolute atomic E-state index is 12.1. The van der Waals surface area contributed by atoms with Crippen LogP contribution in [-0.2, 0) is 11.3 Å². The molecule has 2 N–H and O–H groups in total. The van der Waals surface area contributed by atoms with E-state index in [0.29, 0.717) is 13.1 Å². The van der Waals surface area contributed by atoms with Crippen LogP contribution in [0.4, 0.5) is 0 Å². The van der Waals surface area contributed by atoms with E-state index in [4.69, 9.17) is 5.73 Å². The Hall–Kier alpha value is -0.870. The number of hydrogen-bond acceptors (Lipinski definition) is 2. The first-order valence-electron chi connectivity index (χ1n) is 5.57. The smallest absolute Gasteiger partial charge is 0.229 e. The highest BCUT2D eigenvalue weighted by Crippen LogP contribution is 2.18. The van der Waals surface area contributed by atoms with E-state index in [-0.39, 0.29) is 5.91 Å². The number of rotatable bonds is 4. The average molecular weight is 299 g/mol. The van der Waals surface area contributed by atoms with Crippen molar-refractivity contribution < 1.29 is 4.79 Å². The zero-order valence-electron chi connectivity index (χ0n) is 10.5. The van der Waals surface area contributed by atoms with E-state index in [0.717, 1.165) is 10.0 Å². The van der Waals surface area contributed by atoms with Gasteiger partial charge in [-0.2, -0.15) is 0 Å². The van der Waals surface area contributed by atoms with Crippen LogP contribution in [0.5, 0.6) is 0 Å². The predicted molar refractivity (Wildman–Crippen MR) is 73.5 cm³/mol. The number of hydrogen-bond donors (Lipinski definition) is 1. The van der Waals surface area contributed by atoms with Crippen LogP contribution in [0.2, 0.25) is 0 Å². The van der Waals surface area contributed by atoms with Crippen molar-refractivity contribution in [1.29, 1.82) is 0 Å². The SMILES string of the molecule is CN(Cc1ccc(Br)cc1)C(=O)C(C)(C)CN. The van der Waals surface area contributed by atoms with Gasteiger partial charge < -0.3 is 10.6 Å². The van der Waals surface area contributed by atoms with Crippen molar-refractivity contribution in [3.8, 4) is 0 Å². The molecule has 1 aromatic rings. The topological polar surface area (TPSA) is 46.3 Å². The highest BCUT2D eigenvalue weighted by Gasteiger charge is 2.28. The highest BCUT2D eigenvalue weighted by atomic mass is 79.9. The van der Waals surface area contributed by atoms with Gasteiger partial charge in [-0.1, -0.05) is 28.1 Å². The lowest BCUT2D eigenvalue weighted by molar-refractivity contribution is -0.139. The number of carbonyl (C=O) groups is 1. The van der Waals surface area contributed by atoms with E-state index in [2.05, 4.69) is 15.9 Å². The van der Waals surface area contributed by atoms with E-state index < -0.39 is 5.41 Å². The minimum Gasteiger partial charge on any atom is -0.341 e. The molecule has 0 bridgehead atoms. The van der Waals surface area contributed by atoms with Crippen molar-refractivity contribution in [3.63, 3.8) is 0 Å². The van der Waals surface area contributed by atoms with Gasteiger partial charge in [0.1, 0.15) is 0 Å². The Morgan fingerprint density at radius 3 is 2.35 bits per heavy atom. The van der Waals surface area contributed by atoms with Gasteiger partial charge >= 0.3 is 0 Å². The third kappa shape index (κ3) is 3.82. The summed E-state index contributed by atoms with van der Waals surface area (Å²) in [5.74, 6) is 0.0721. The zero-order valence-corrected chi connectivity index (χ0v) is 12.1. The van der Waals surface area contributed by atoms with Crippen LogP contribution in [0.1, 0.15) is 19.4 Å². The van der Waals surface area contributed by atoms with Gasteiger partial charge in [-0.25, -0.2) is 0 Å². The Balaban J connectivity index is 2.69. The third-order valence-electron chi connectivity index (χ3n) is 2.77. The molecule has 3 nitrogen and oxygen atoms in total. The predicted octanol–water partition coefficient (Wildman–Crippen LogP) is 2.39. The lowest BCUT2D eigenvalue weighted by Gasteiger charge is -2.28. The maximum Gasteiger partial charge on any atom is 0.229 e. The summed E-state index contributed by atoms with van der Waals surface area (Å²) in [5, 5.41) is 0. The number of amides is 1. The number of halogens is 1. The molecule has 0 atom stereocenters. The first-order chi connectivity index (χ1) is 7.86. The number of nitrogens with two attached hydrogens (primary N) is 1. The van der Waals surface area contributed by atoms with E-state index in [9.17, 15) is 4.79 Å². The number of nitrogens with zero attached hydrogens (tertiary/aromatic N) is 1. The standard InChI is InChI=1S/C13H19BrN2O/c1-13(2,9-15)12(17)16(3)8-10-4-6-11(14)7-5-10/h4-7H,8-9,15H2,1-3H3. The summed E-state index contributed by atoms with van der Waals surface area (Å²) in [4.78, 5) is 13.8. The van der Waals surface area contributed by atoms with Gasteiger partial charge in [-0.15, -0.1) is 0 Å². The largest absolute Gasteiger partial charge is 0.341 e. The molecule has 17 heavy (non-hydrogen) atoms. The van der Waals surface area contributed by atoms with Crippen molar-refractivity contribution in [2.75, 3.05) is 13.6 Å². The lowest BCUT2D eigenvalue weighted by atomic mass is 9.92. The number of carbonyl (C=O) groups excluding carboxylic acids is 1. The van der Waals surface area contributed by atoms with Crippen molar-refractivity contribution in [2.45, 2.75) is 20.4 Å². The molecular weight excluding hydrogens is 280 g/mol. The monoisotopic (exact) mass is 298 g/mol. The summed E-state index contributed by atoms with van der Waals surface area (Å²) in [6.45, 7) is 4.70. The second-order valence-corrected chi connectivity index (χ2v) is 5.79. The van der Waals surface area contributed by atoms with Crippen LogP contribution >= 0.6 is 15.9 Å². The van der Waals surface area contributed by atoms with E-state index in [1.54, 1.807) is 4.90 Å². The van der Waals surface area contributed by atoms with Crippen molar-refractivity contribution in [1.82, 2.24) is 4.90 Å². The summed E-state index contributed by atoms with van der Waals surface area (Å²) in [6, 6.07) is 7.95. The number of benzene rings is 1. The highest BCUT2D eigenvalue weighted by molar-refractivity contribution is 9.10. The molecule has 1 amide bonds. The zero-order chi connectivity index (χ0) is 13.1. The Morgan fingerprint density at radius 1 is 1.35 bits per heavy atom. The summed E-state index contributed by atoms with van der Waals surface area (Å²) >= 11 is 3.39. The first kappa shape index (κ1) is 14.2. The van der Waals surface area contributed by atoms with Gasteiger partial charge in [-0.3, -0.25) is 4.79 Å². The minimum absolute atomic E-state index is 0.0721. The molecule has 0 radical (unpaired) electrons. The molecule has 0 aliphatic rings. The first-order valence-corrected chi connectivity index (χ1v) is 6.36. The summed E-state index contributed by atoms with van der Waals surface area (Å²) in [6.07, 6.45) is 0. The molecule has 0 heterocycles. The molecule has 4 heteroatoms. The van der Waals surface area contributed by atoms with Crippen molar-refractivity contribution in [3.05, 3.63) is 34.3 Å². The Bertz CT molecular complexity index is 387. The van der Waals surface area contributed by atoms with Crippen LogP contribution in [-0.4, -0.2) is 24.4 Å². The molecule has 0 aliphatic heterocycles. The summed E-state index contributed by atoms with van der Waals surface area (Å²) in [5.41, 5.74) is 6.22. The Labute approximate surface area is 111 Å². The second-order valence-electron chi connectivity index (χ2n) is 4.88. The molecule has 94 valence electrons. The van der Waals surface area contributed by atoms with Gasteiger partial charge in [0, 0.05) is 24.6 Å². The third-order valence-corrected chi connectivity index (χ3v) is 3.30. The van der Waals surface area contributed by atoms with E-state index in [1.165, 1.54) is 0 Å². The molecule has 0 aromatic heterocycles. The summed E-state index contributed by atoms with van der Waals surface area (Å²) in [7, 11) is 1.81. The second kappa shape index (κ2) is 5.65. The van der Waals surface area contributed by atoms with Crippen LogP contribution in [0, 0.1) is 5.41 Å². The van der Waals surface area contributed by atoms with Gasteiger partial charge in [0.05, 0.1) is 5.41 Å². The fraction of sp³-hybridized carbons (Fsp3) is 0.462. The molecule has 0 fully saturated rings. The Kier molecular flexibility index (Phi) is 4.71. The molecule has 0 saturated heterocycles. The lowest BCUT2D eigenvalue weighted by Crippen LogP contribution is -2.42. The van der Waals surface area contributed by atoms with Crippen LogP contribution in [0.15, 0.2) is 28.7 Å². The fourth-order valence-corrected chi connectivity index (χ4v) is 1.80. The molecular formula is C13H19BrN2O. The molecule has 0 spiro atoms. The van der Waals surface area contributed by atoms with E-state index >= 15 is 0 Å². The van der Waals surface area contributed by atoms with Gasteiger partial charge in [-0.05, 0) is 31.5 Å². The molecule has 0 aliphatic carbocycles. The van der Waals surface area contributed by atoms with Crippen molar-refractivity contribution >= 4 is 21.8 Å². The van der Waals surface area contributed by atoms with Crippen LogP contribution < -0.4 is 5.73 Å². The average Bonchev–Trinajstić information content (AvgIpc) is 2.31. The van der Waals surface area contributed by atoms with Crippen molar-refractivity contribution in [2.24, 2.45) is 11.1 Å². The molecule has 1 rings (SSSR count). The van der Waals surface area contributed by atoms with Crippen LogP contribution in [0.25, 0.3) is 0 Å². The molecule has 0 unspecified atom stereocenters. The normalized spacial score (nSPS) is 11.4. The fourth-order valence-electron chi connectivity index (χ4n) is 1.54. The summed E-state index contributed by atoms with van der Waals surface area (Å²) < 4.78 is 1.04. The van der Waals surface area contributed by atoms with E-state index in [1.807, 2.05) is 45.2 Å². The van der Waals surface area contributed by atoms with Gasteiger partial charge in [0.2, 0.25) is 5.91 Å². The van der Waals surface area contributed by atoms with Gasteiger partial charge in [0.25, 0.3) is 0 Å². The van der Waals surface area contributed by atoms with Crippen LogP contribution in [0.3, 0.4) is 0 Å². The quantitative estimate of drug-likeness (QED) is 0.928. The minimum atomic E-state index is -0.496. The Morgan fingerprint density at radius 2 is 1.88 bits per heavy atom. The molecule has 0 saturated carbocycles. The maximum atomic E-state index is 12.1. The molecule has 1 aromatic carbocycles. The van der Waals surface area contributed by atoms with Gasteiger partial charge in [0.15, 0.2) is 0 Å².